The summed E-state index contributed by atoms with van der Waals surface area (Å²) in [6, 6.07) is 10.2. The van der Waals surface area contributed by atoms with E-state index >= 15 is 0 Å². The van der Waals surface area contributed by atoms with Crippen LogP contribution in [0, 0.1) is 6.54 Å². The first-order valence-corrected chi connectivity index (χ1v) is 4.49. The van der Waals surface area contributed by atoms with Crippen molar-refractivity contribution in [3.05, 3.63) is 42.4 Å². The molecule has 0 saturated carbocycles. The molecular formula is C11H16NO. The molecule has 1 aromatic carbocycles. The Hall–Kier alpha value is -0.860. The fourth-order valence-corrected chi connectivity index (χ4v) is 1.08. The Balaban J connectivity index is 2.27. The molecule has 1 atom stereocenters. The van der Waals surface area contributed by atoms with Crippen LogP contribution in [0.3, 0.4) is 0 Å². The van der Waals surface area contributed by atoms with Gasteiger partial charge in [-0.1, -0.05) is 30.3 Å². The summed E-state index contributed by atoms with van der Waals surface area (Å²) in [5.41, 5.74) is 1.21. The van der Waals surface area contributed by atoms with Crippen LogP contribution in [0.15, 0.2) is 30.3 Å². The zero-order valence-electron chi connectivity index (χ0n) is 8.16. The maximum atomic E-state index is 5.55. The van der Waals surface area contributed by atoms with E-state index in [0.717, 1.165) is 0 Å². The highest BCUT2D eigenvalue weighted by molar-refractivity contribution is 5.13. The molecule has 0 spiro atoms. The van der Waals surface area contributed by atoms with Crippen LogP contribution in [0.1, 0.15) is 12.5 Å². The molecular weight excluding hydrogens is 162 g/mol. The van der Waals surface area contributed by atoms with Crippen molar-refractivity contribution in [3.8, 4) is 0 Å². The molecule has 0 aliphatic heterocycles. The van der Waals surface area contributed by atoms with E-state index in [9.17, 15) is 0 Å². The van der Waals surface area contributed by atoms with Gasteiger partial charge in [0.1, 0.15) is 0 Å². The molecule has 0 heterocycles. The van der Waals surface area contributed by atoms with Crippen LogP contribution in [-0.2, 0) is 11.3 Å². The lowest BCUT2D eigenvalue weighted by molar-refractivity contribution is 0.0702. The van der Waals surface area contributed by atoms with Gasteiger partial charge >= 0.3 is 0 Å². The largest absolute Gasteiger partial charge is 0.372 e. The predicted octanol–water partition coefficient (Wildman–Crippen LogP) is 1.97. The molecule has 1 rings (SSSR count). The summed E-state index contributed by atoms with van der Waals surface area (Å²) >= 11 is 0. The van der Waals surface area contributed by atoms with Crippen LogP contribution < -0.4 is 5.32 Å². The highest BCUT2D eigenvalue weighted by atomic mass is 16.5. The van der Waals surface area contributed by atoms with Crippen molar-refractivity contribution in [2.45, 2.75) is 19.6 Å². The molecule has 1 unspecified atom stereocenters. The Kier molecular flexibility index (Phi) is 4.50. The number of hydrogen-bond acceptors (Lipinski definition) is 2. The fourth-order valence-electron chi connectivity index (χ4n) is 1.08. The van der Waals surface area contributed by atoms with Crippen LogP contribution in [0.2, 0.25) is 0 Å². The maximum absolute atomic E-state index is 5.55. The zero-order chi connectivity index (χ0) is 9.52. The molecule has 2 heteroatoms. The summed E-state index contributed by atoms with van der Waals surface area (Å²) in [7, 11) is 1.88. The molecule has 2 nitrogen and oxygen atoms in total. The van der Waals surface area contributed by atoms with Gasteiger partial charge in [0.25, 0.3) is 0 Å². The normalized spacial score (nSPS) is 12.8. The summed E-state index contributed by atoms with van der Waals surface area (Å²) < 4.78 is 5.55. The summed E-state index contributed by atoms with van der Waals surface area (Å²) in [5, 5.41) is 2.95. The van der Waals surface area contributed by atoms with E-state index < -0.39 is 0 Å². The second kappa shape index (κ2) is 5.73. The van der Waals surface area contributed by atoms with Crippen LogP contribution in [0.25, 0.3) is 0 Å². The van der Waals surface area contributed by atoms with Crippen LogP contribution in [-0.4, -0.2) is 13.2 Å². The highest BCUT2D eigenvalue weighted by Gasteiger charge is 2.00. The average molecular weight is 178 g/mol. The van der Waals surface area contributed by atoms with Crippen molar-refractivity contribution < 1.29 is 4.74 Å². The Labute approximate surface area is 79.9 Å². The van der Waals surface area contributed by atoms with Crippen molar-refractivity contribution >= 4 is 0 Å². The summed E-state index contributed by atoms with van der Waals surface area (Å²) in [6.45, 7) is 4.60. The van der Waals surface area contributed by atoms with Gasteiger partial charge in [-0.25, -0.2) is 0 Å². The quantitative estimate of drug-likeness (QED) is 0.744. The molecule has 1 aromatic rings. The van der Waals surface area contributed by atoms with Gasteiger partial charge in [0.2, 0.25) is 0 Å². The number of ether oxygens (including phenoxy) is 1. The van der Waals surface area contributed by atoms with Gasteiger partial charge in [-0.15, -0.1) is 0 Å². The van der Waals surface area contributed by atoms with Crippen molar-refractivity contribution in [1.82, 2.24) is 5.32 Å². The molecule has 0 aliphatic rings. The lowest BCUT2D eigenvalue weighted by atomic mass is 10.2. The molecule has 1 N–H and O–H groups in total. The van der Waals surface area contributed by atoms with E-state index in [2.05, 4.69) is 17.4 Å². The summed E-state index contributed by atoms with van der Waals surface area (Å²) in [4.78, 5) is 0. The molecule has 0 saturated heterocycles. The Morgan fingerprint density at radius 2 is 2.08 bits per heavy atom. The molecule has 0 amide bonds. The Morgan fingerprint density at radius 3 is 2.69 bits per heavy atom. The minimum absolute atomic E-state index is 0.144. The lowest BCUT2D eigenvalue weighted by Crippen LogP contribution is -2.17. The first-order chi connectivity index (χ1) is 6.33. The van der Waals surface area contributed by atoms with E-state index in [1.807, 2.05) is 38.7 Å². The molecule has 13 heavy (non-hydrogen) atoms. The number of benzene rings is 1. The van der Waals surface area contributed by atoms with Gasteiger partial charge < -0.3 is 10.1 Å². The maximum Gasteiger partial charge on any atom is 0.0721 e. The van der Waals surface area contributed by atoms with E-state index in [1.54, 1.807) is 0 Å². The minimum Gasteiger partial charge on any atom is -0.372 e. The number of nitrogens with one attached hydrogen (secondary N) is 1. The monoisotopic (exact) mass is 178 g/mol. The summed E-state index contributed by atoms with van der Waals surface area (Å²) in [5.74, 6) is 0. The van der Waals surface area contributed by atoms with Gasteiger partial charge in [0.15, 0.2) is 0 Å². The first-order valence-electron chi connectivity index (χ1n) is 4.49. The molecule has 0 aromatic heterocycles. The van der Waals surface area contributed by atoms with E-state index in [-0.39, 0.29) is 6.10 Å². The minimum atomic E-state index is 0.144. The van der Waals surface area contributed by atoms with E-state index in [4.69, 9.17) is 4.74 Å². The van der Waals surface area contributed by atoms with Crippen LogP contribution in [0.4, 0.5) is 0 Å². The third-order valence-electron chi connectivity index (χ3n) is 1.76. The number of rotatable bonds is 5. The highest BCUT2D eigenvalue weighted by Crippen LogP contribution is 2.03. The van der Waals surface area contributed by atoms with Gasteiger partial charge in [-0.2, -0.15) is 0 Å². The van der Waals surface area contributed by atoms with E-state index in [0.29, 0.717) is 6.61 Å². The van der Waals surface area contributed by atoms with Gasteiger partial charge in [-0.3, -0.25) is 0 Å². The lowest BCUT2D eigenvalue weighted by Gasteiger charge is -2.11. The van der Waals surface area contributed by atoms with Gasteiger partial charge in [0, 0.05) is 0 Å². The molecule has 0 aliphatic carbocycles. The summed E-state index contributed by atoms with van der Waals surface area (Å²) in [6.07, 6.45) is 0.144. The SMILES string of the molecule is CN[CH]C(C)OCc1ccccc1. The standard InChI is InChI=1S/C11H16NO/c1-10(8-12-2)13-9-11-6-4-3-5-7-11/h3-8,10,12H,9H2,1-2H3. The van der Waals surface area contributed by atoms with Crippen molar-refractivity contribution in [1.29, 1.82) is 0 Å². The van der Waals surface area contributed by atoms with Crippen LogP contribution >= 0.6 is 0 Å². The molecule has 0 fully saturated rings. The average Bonchev–Trinajstić information content (AvgIpc) is 2.17. The number of hydrogen-bond donors (Lipinski definition) is 1. The third-order valence-corrected chi connectivity index (χ3v) is 1.76. The fraction of sp³-hybridized carbons (Fsp3) is 0.364. The van der Waals surface area contributed by atoms with Gasteiger partial charge in [0.05, 0.1) is 19.3 Å². The zero-order valence-corrected chi connectivity index (χ0v) is 8.16. The van der Waals surface area contributed by atoms with Gasteiger partial charge in [-0.05, 0) is 19.5 Å². The van der Waals surface area contributed by atoms with Crippen molar-refractivity contribution in [2.24, 2.45) is 0 Å². The Morgan fingerprint density at radius 1 is 1.38 bits per heavy atom. The number of likely N-dealkylation sites (N-methyl/N-ethyl adjacent to an activating group) is 1. The molecule has 0 bridgehead atoms. The second-order valence-electron chi connectivity index (χ2n) is 2.96. The second-order valence-corrected chi connectivity index (χ2v) is 2.96. The Bertz CT molecular complexity index is 223. The first kappa shape index (κ1) is 10.2. The molecule has 71 valence electrons. The smallest absolute Gasteiger partial charge is 0.0721 e. The topological polar surface area (TPSA) is 21.3 Å². The predicted molar refractivity (Wildman–Crippen MR) is 54.1 cm³/mol. The van der Waals surface area contributed by atoms with E-state index in [1.165, 1.54) is 5.56 Å². The third kappa shape index (κ3) is 4.06. The molecule has 1 radical (unpaired) electrons. The van der Waals surface area contributed by atoms with Crippen LogP contribution in [0.5, 0.6) is 0 Å². The van der Waals surface area contributed by atoms with Crippen molar-refractivity contribution in [2.75, 3.05) is 7.05 Å². The van der Waals surface area contributed by atoms with Crippen molar-refractivity contribution in [3.63, 3.8) is 0 Å².